The molecule has 2 aromatic rings. The number of hydrogen-bond donors (Lipinski definition) is 1. The van der Waals surface area contributed by atoms with Crippen LogP contribution in [0.2, 0.25) is 0 Å². The zero-order valence-electron chi connectivity index (χ0n) is 9.66. The summed E-state index contributed by atoms with van der Waals surface area (Å²) in [5.74, 6) is 0. The standard InChI is InChI=1S/C14H16S2/c1-3-10-9-11-7-5-6-8-13(11)14(16-15)12(10)4-2/h5-9,15H,3-4H2,1-2H3. The number of thiol groups is 1. The van der Waals surface area contributed by atoms with Gasteiger partial charge in [-0.15, -0.1) is 11.7 Å². The molecule has 0 saturated heterocycles. The number of benzene rings is 2. The maximum atomic E-state index is 4.41. The van der Waals surface area contributed by atoms with E-state index >= 15 is 0 Å². The third-order valence-electron chi connectivity index (χ3n) is 3.02. The lowest BCUT2D eigenvalue weighted by molar-refractivity contribution is 1.01. The molecule has 0 spiro atoms. The molecule has 0 aliphatic rings. The van der Waals surface area contributed by atoms with Gasteiger partial charge in [-0.3, -0.25) is 0 Å². The molecule has 0 saturated carbocycles. The van der Waals surface area contributed by atoms with Crippen LogP contribution in [-0.2, 0) is 12.8 Å². The van der Waals surface area contributed by atoms with Gasteiger partial charge < -0.3 is 0 Å². The van der Waals surface area contributed by atoms with Crippen molar-refractivity contribution in [2.45, 2.75) is 31.6 Å². The average Bonchev–Trinajstić information content (AvgIpc) is 2.36. The zero-order chi connectivity index (χ0) is 11.5. The van der Waals surface area contributed by atoms with E-state index in [1.54, 1.807) is 10.8 Å². The van der Waals surface area contributed by atoms with Crippen molar-refractivity contribution in [3.05, 3.63) is 41.5 Å². The summed E-state index contributed by atoms with van der Waals surface area (Å²) in [5, 5.41) is 2.66. The summed E-state index contributed by atoms with van der Waals surface area (Å²) in [5.41, 5.74) is 2.92. The molecule has 0 radical (unpaired) electrons. The van der Waals surface area contributed by atoms with Crippen LogP contribution in [0.1, 0.15) is 25.0 Å². The van der Waals surface area contributed by atoms with Crippen LogP contribution >= 0.6 is 22.5 Å². The van der Waals surface area contributed by atoms with Gasteiger partial charge in [0.05, 0.1) is 0 Å². The fourth-order valence-corrected chi connectivity index (χ4v) is 3.52. The first-order chi connectivity index (χ1) is 7.81. The SMILES string of the molecule is CCc1cc2ccccc2c(SS)c1CC. The second-order valence-electron chi connectivity index (χ2n) is 3.86. The molecule has 0 bridgehead atoms. The summed E-state index contributed by atoms with van der Waals surface area (Å²) in [6, 6.07) is 10.9. The molecule has 0 atom stereocenters. The van der Waals surface area contributed by atoms with E-state index in [9.17, 15) is 0 Å². The van der Waals surface area contributed by atoms with Gasteiger partial charge in [-0.25, -0.2) is 0 Å². The molecule has 0 fully saturated rings. The molecule has 2 heteroatoms. The molecule has 16 heavy (non-hydrogen) atoms. The second kappa shape index (κ2) is 5.15. The van der Waals surface area contributed by atoms with Gasteiger partial charge >= 0.3 is 0 Å². The molecule has 0 unspecified atom stereocenters. The van der Waals surface area contributed by atoms with E-state index in [4.69, 9.17) is 0 Å². The van der Waals surface area contributed by atoms with Crippen LogP contribution in [0, 0.1) is 0 Å². The number of rotatable bonds is 3. The van der Waals surface area contributed by atoms with Crippen molar-refractivity contribution in [2.24, 2.45) is 0 Å². The van der Waals surface area contributed by atoms with Gasteiger partial charge in [0.2, 0.25) is 0 Å². The Labute approximate surface area is 106 Å². The van der Waals surface area contributed by atoms with E-state index in [0.717, 1.165) is 12.8 Å². The summed E-state index contributed by atoms with van der Waals surface area (Å²) in [7, 11) is 1.57. The topological polar surface area (TPSA) is 0 Å². The Morgan fingerprint density at radius 1 is 1.12 bits per heavy atom. The monoisotopic (exact) mass is 248 g/mol. The molecule has 2 rings (SSSR count). The lowest BCUT2D eigenvalue weighted by atomic mass is 9.97. The Morgan fingerprint density at radius 3 is 2.50 bits per heavy atom. The maximum Gasteiger partial charge on any atom is 0.0293 e. The van der Waals surface area contributed by atoms with E-state index in [0.29, 0.717) is 0 Å². The Hall–Kier alpha value is -0.600. The van der Waals surface area contributed by atoms with Crippen molar-refractivity contribution >= 4 is 33.2 Å². The van der Waals surface area contributed by atoms with E-state index in [1.165, 1.54) is 26.8 Å². The molecule has 0 amide bonds. The second-order valence-corrected chi connectivity index (χ2v) is 5.00. The van der Waals surface area contributed by atoms with Crippen LogP contribution in [0.3, 0.4) is 0 Å². The number of aryl methyl sites for hydroxylation is 1. The van der Waals surface area contributed by atoms with Crippen molar-refractivity contribution in [3.8, 4) is 0 Å². The molecule has 84 valence electrons. The van der Waals surface area contributed by atoms with Crippen molar-refractivity contribution in [1.29, 1.82) is 0 Å². The lowest BCUT2D eigenvalue weighted by Crippen LogP contribution is -1.94. The minimum atomic E-state index is 1.08. The Kier molecular flexibility index (Phi) is 3.82. The zero-order valence-corrected chi connectivity index (χ0v) is 11.4. The van der Waals surface area contributed by atoms with Crippen LogP contribution in [0.5, 0.6) is 0 Å². The summed E-state index contributed by atoms with van der Waals surface area (Å²) < 4.78 is 0. The molecule has 0 nitrogen and oxygen atoms in total. The molecular weight excluding hydrogens is 232 g/mol. The fourth-order valence-electron chi connectivity index (χ4n) is 2.22. The van der Waals surface area contributed by atoms with Crippen LogP contribution < -0.4 is 0 Å². The van der Waals surface area contributed by atoms with Gasteiger partial charge in [0.25, 0.3) is 0 Å². The lowest BCUT2D eigenvalue weighted by Gasteiger charge is -2.14. The van der Waals surface area contributed by atoms with E-state index < -0.39 is 0 Å². The van der Waals surface area contributed by atoms with Gasteiger partial charge in [0.15, 0.2) is 0 Å². The van der Waals surface area contributed by atoms with Crippen molar-refractivity contribution in [1.82, 2.24) is 0 Å². The van der Waals surface area contributed by atoms with Gasteiger partial charge in [0, 0.05) is 4.90 Å². The minimum absolute atomic E-state index is 1.08. The normalized spacial score (nSPS) is 10.9. The van der Waals surface area contributed by atoms with E-state index in [-0.39, 0.29) is 0 Å². The largest absolute Gasteiger partial charge is 0.106 e. The fraction of sp³-hybridized carbons (Fsp3) is 0.286. The summed E-state index contributed by atoms with van der Waals surface area (Å²) in [6.07, 6.45) is 2.17. The van der Waals surface area contributed by atoms with Crippen LogP contribution in [-0.4, -0.2) is 0 Å². The summed E-state index contributed by atoms with van der Waals surface area (Å²) in [6.45, 7) is 4.44. The minimum Gasteiger partial charge on any atom is -0.106 e. The quantitative estimate of drug-likeness (QED) is 0.595. The van der Waals surface area contributed by atoms with Gasteiger partial charge in [-0.2, -0.15) is 0 Å². The third-order valence-corrected chi connectivity index (χ3v) is 4.22. The molecule has 2 aromatic carbocycles. The molecule has 0 aliphatic heterocycles. The van der Waals surface area contributed by atoms with E-state index in [2.05, 4.69) is 55.8 Å². The highest BCUT2D eigenvalue weighted by Gasteiger charge is 2.10. The Balaban J connectivity index is 2.82. The maximum absolute atomic E-state index is 4.41. The molecule has 0 N–H and O–H groups in total. The molecule has 0 aliphatic carbocycles. The first-order valence-electron chi connectivity index (χ1n) is 5.66. The average molecular weight is 248 g/mol. The predicted octanol–water partition coefficient (Wildman–Crippen LogP) is 4.90. The first-order valence-corrected chi connectivity index (χ1v) is 7.53. The smallest absolute Gasteiger partial charge is 0.0293 e. The summed E-state index contributed by atoms with van der Waals surface area (Å²) in [4.78, 5) is 1.33. The highest BCUT2D eigenvalue weighted by atomic mass is 33.1. The van der Waals surface area contributed by atoms with Crippen molar-refractivity contribution < 1.29 is 0 Å². The Bertz CT molecular complexity index is 503. The van der Waals surface area contributed by atoms with Crippen molar-refractivity contribution in [3.63, 3.8) is 0 Å². The van der Waals surface area contributed by atoms with Crippen LogP contribution in [0.25, 0.3) is 10.8 Å². The molecule has 0 aromatic heterocycles. The third kappa shape index (κ3) is 1.96. The predicted molar refractivity (Wildman–Crippen MR) is 77.5 cm³/mol. The van der Waals surface area contributed by atoms with Crippen LogP contribution in [0.4, 0.5) is 0 Å². The molecule has 0 heterocycles. The number of fused-ring (bicyclic) bond motifs is 1. The first kappa shape index (κ1) is 11.9. The highest BCUT2D eigenvalue weighted by Crippen LogP contribution is 2.36. The van der Waals surface area contributed by atoms with Gasteiger partial charge in [-0.1, -0.05) is 55.0 Å². The van der Waals surface area contributed by atoms with Crippen molar-refractivity contribution in [2.75, 3.05) is 0 Å². The summed E-state index contributed by atoms with van der Waals surface area (Å²) >= 11 is 4.41. The Morgan fingerprint density at radius 2 is 1.88 bits per heavy atom. The van der Waals surface area contributed by atoms with Gasteiger partial charge in [0.1, 0.15) is 0 Å². The van der Waals surface area contributed by atoms with Crippen LogP contribution in [0.15, 0.2) is 35.2 Å². The van der Waals surface area contributed by atoms with Gasteiger partial charge in [-0.05, 0) is 34.7 Å². The van der Waals surface area contributed by atoms with E-state index in [1.807, 2.05) is 0 Å². The number of hydrogen-bond acceptors (Lipinski definition) is 2. The highest BCUT2D eigenvalue weighted by molar-refractivity contribution is 8.68. The molecular formula is C14H16S2.